The minimum atomic E-state index is 0.0373. The number of rotatable bonds is 6. The molecule has 8 heteroatoms. The highest BCUT2D eigenvalue weighted by Gasteiger charge is 2.28. The van der Waals surface area contributed by atoms with E-state index in [1.54, 1.807) is 11.9 Å². The maximum atomic E-state index is 12.2. The Morgan fingerprint density at radius 3 is 3.05 bits per heavy atom. The first-order valence-corrected chi connectivity index (χ1v) is 8.39. The molecule has 0 radical (unpaired) electrons. The molecule has 0 atom stereocenters. The largest absolute Gasteiger partial charge is 0.341 e. The second-order valence-electron chi connectivity index (χ2n) is 5.31. The molecule has 1 aliphatic carbocycles. The lowest BCUT2D eigenvalue weighted by Crippen LogP contribution is -2.27. The summed E-state index contributed by atoms with van der Waals surface area (Å²) in [4.78, 5) is 13.9. The van der Waals surface area contributed by atoms with E-state index < -0.39 is 0 Å². The maximum Gasteiger partial charge on any atom is 0.233 e. The van der Waals surface area contributed by atoms with Crippen LogP contribution in [0.4, 0.5) is 0 Å². The average Bonchev–Trinajstić information content (AvgIpc) is 3.23. The van der Waals surface area contributed by atoms with Crippen LogP contribution in [0, 0.1) is 0 Å². The van der Waals surface area contributed by atoms with Crippen molar-refractivity contribution >= 4 is 29.3 Å². The van der Waals surface area contributed by atoms with Crippen LogP contribution in [0.1, 0.15) is 24.4 Å². The first-order valence-electron chi connectivity index (χ1n) is 7.02. The summed E-state index contributed by atoms with van der Waals surface area (Å²) in [6.45, 7) is 0.535. The van der Waals surface area contributed by atoms with Crippen molar-refractivity contribution in [3.05, 3.63) is 34.9 Å². The minimum absolute atomic E-state index is 0.0373. The first kappa shape index (κ1) is 15.3. The van der Waals surface area contributed by atoms with Crippen molar-refractivity contribution < 1.29 is 4.79 Å². The normalized spacial score (nSPS) is 14.1. The number of hydrogen-bond acceptors (Lipinski definition) is 5. The highest BCUT2D eigenvalue weighted by molar-refractivity contribution is 7.99. The molecule has 1 aliphatic rings. The third-order valence-electron chi connectivity index (χ3n) is 3.41. The Bertz CT molecular complexity index is 673. The first-order chi connectivity index (χ1) is 10.6. The van der Waals surface area contributed by atoms with Crippen LogP contribution in [0.3, 0.4) is 0 Å². The molecular formula is C14H16ClN5OS. The number of hydrogen-bond donors (Lipinski definition) is 0. The molecule has 3 rings (SSSR count). The summed E-state index contributed by atoms with van der Waals surface area (Å²) in [5.41, 5.74) is 1.01. The van der Waals surface area contributed by atoms with Crippen molar-refractivity contribution in [3.8, 4) is 0 Å². The molecule has 0 N–H and O–H groups in total. The topological polar surface area (TPSA) is 63.9 Å². The number of halogens is 1. The van der Waals surface area contributed by atoms with Gasteiger partial charge in [-0.15, -0.1) is 5.10 Å². The molecule has 0 saturated heterocycles. The van der Waals surface area contributed by atoms with E-state index in [4.69, 9.17) is 11.6 Å². The second kappa shape index (κ2) is 6.66. The van der Waals surface area contributed by atoms with E-state index in [0.29, 0.717) is 28.5 Å². The molecule has 22 heavy (non-hydrogen) atoms. The summed E-state index contributed by atoms with van der Waals surface area (Å²) in [5.74, 6) is 0.361. The molecule has 0 unspecified atom stereocenters. The summed E-state index contributed by atoms with van der Waals surface area (Å²) < 4.78 is 1.81. The van der Waals surface area contributed by atoms with Crippen LogP contribution < -0.4 is 0 Å². The minimum Gasteiger partial charge on any atom is -0.341 e. The lowest BCUT2D eigenvalue weighted by Gasteiger charge is -2.17. The fraction of sp³-hybridized carbons (Fsp3) is 0.429. The molecule has 0 bridgehead atoms. The number of tetrazole rings is 1. The van der Waals surface area contributed by atoms with E-state index in [-0.39, 0.29) is 5.91 Å². The Labute approximate surface area is 137 Å². The van der Waals surface area contributed by atoms with Crippen molar-refractivity contribution in [1.29, 1.82) is 0 Å². The predicted molar refractivity (Wildman–Crippen MR) is 84.7 cm³/mol. The monoisotopic (exact) mass is 337 g/mol. The third-order valence-corrected chi connectivity index (χ3v) is 4.57. The van der Waals surface area contributed by atoms with Crippen LogP contribution in [-0.4, -0.2) is 43.8 Å². The van der Waals surface area contributed by atoms with Gasteiger partial charge in [0, 0.05) is 18.6 Å². The van der Waals surface area contributed by atoms with Crippen molar-refractivity contribution in [1.82, 2.24) is 25.1 Å². The van der Waals surface area contributed by atoms with E-state index in [1.165, 1.54) is 11.8 Å². The number of carbonyl (C=O) groups excluding carboxylic acids is 1. The van der Waals surface area contributed by atoms with Gasteiger partial charge in [-0.1, -0.05) is 35.5 Å². The van der Waals surface area contributed by atoms with Gasteiger partial charge in [-0.05, 0) is 41.0 Å². The van der Waals surface area contributed by atoms with Crippen LogP contribution in [0.2, 0.25) is 5.02 Å². The Kier molecular flexibility index (Phi) is 4.63. The van der Waals surface area contributed by atoms with Crippen LogP contribution in [0.5, 0.6) is 0 Å². The van der Waals surface area contributed by atoms with E-state index in [9.17, 15) is 4.79 Å². The molecule has 1 heterocycles. The fourth-order valence-electron chi connectivity index (χ4n) is 2.06. The lowest BCUT2D eigenvalue weighted by atomic mass is 10.2. The van der Waals surface area contributed by atoms with Gasteiger partial charge in [0.05, 0.1) is 11.8 Å². The number of carbonyl (C=O) groups is 1. The average molecular weight is 338 g/mol. The highest BCUT2D eigenvalue weighted by atomic mass is 35.5. The fourth-order valence-corrected chi connectivity index (χ4v) is 3.16. The van der Waals surface area contributed by atoms with Crippen molar-refractivity contribution in [2.45, 2.75) is 30.6 Å². The summed E-state index contributed by atoms with van der Waals surface area (Å²) in [5, 5.41) is 13.0. The Morgan fingerprint density at radius 2 is 2.32 bits per heavy atom. The van der Waals surface area contributed by atoms with E-state index >= 15 is 0 Å². The molecule has 1 saturated carbocycles. The molecule has 6 nitrogen and oxygen atoms in total. The lowest BCUT2D eigenvalue weighted by molar-refractivity contribution is -0.127. The number of aromatic nitrogens is 4. The quantitative estimate of drug-likeness (QED) is 0.757. The number of amides is 1. The number of nitrogens with zero attached hydrogens (tertiary/aromatic N) is 5. The predicted octanol–water partition coefficient (Wildman–Crippen LogP) is 2.41. The van der Waals surface area contributed by atoms with Gasteiger partial charge in [0.1, 0.15) is 0 Å². The SMILES string of the molecule is CN(Cc1cccc(Cl)c1)C(=O)CSc1nnnn1C1CC1. The highest BCUT2D eigenvalue weighted by Crippen LogP contribution is 2.36. The van der Waals surface area contributed by atoms with Gasteiger partial charge in [-0.25, -0.2) is 4.68 Å². The molecule has 116 valence electrons. The van der Waals surface area contributed by atoms with Crippen LogP contribution in [0.25, 0.3) is 0 Å². The van der Waals surface area contributed by atoms with Crippen molar-refractivity contribution in [2.75, 3.05) is 12.8 Å². The zero-order valence-corrected chi connectivity index (χ0v) is 13.7. The maximum absolute atomic E-state index is 12.2. The van der Waals surface area contributed by atoms with E-state index in [0.717, 1.165) is 18.4 Å². The smallest absolute Gasteiger partial charge is 0.233 e. The molecule has 0 aliphatic heterocycles. The Morgan fingerprint density at radius 1 is 1.50 bits per heavy atom. The molecule has 0 spiro atoms. The third kappa shape index (κ3) is 3.78. The summed E-state index contributed by atoms with van der Waals surface area (Å²) in [7, 11) is 1.79. The van der Waals surface area contributed by atoms with Gasteiger partial charge in [0.25, 0.3) is 0 Å². The van der Waals surface area contributed by atoms with Crippen LogP contribution >= 0.6 is 23.4 Å². The number of benzene rings is 1. The summed E-state index contributed by atoms with van der Waals surface area (Å²) in [6, 6.07) is 7.94. The van der Waals surface area contributed by atoms with Crippen LogP contribution in [0.15, 0.2) is 29.4 Å². The zero-order chi connectivity index (χ0) is 15.5. The van der Waals surface area contributed by atoms with Gasteiger partial charge in [0.2, 0.25) is 11.1 Å². The molecule has 1 aromatic heterocycles. The zero-order valence-electron chi connectivity index (χ0n) is 12.1. The van der Waals surface area contributed by atoms with E-state index in [2.05, 4.69) is 15.5 Å². The van der Waals surface area contributed by atoms with E-state index in [1.807, 2.05) is 28.9 Å². The number of thioether (sulfide) groups is 1. The molecule has 1 fully saturated rings. The molecular weight excluding hydrogens is 322 g/mol. The van der Waals surface area contributed by atoms with Crippen molar-refractivity contribution in [2.24, 2.45) is 0 Å². The van der Waals surface area contributed by atoms with Crippen LogP contribution in [-0.2, 0) is 11.3 Å². The van der Waals surface area contributed by atoms with Gasteiger partial charge >= 0.3 is 0 Å². The summed E-state index contributed by atoms with van der Waals surface area (Å²) >= 11 is 7.34. The van der Waals surface area contributed by atoms with Gasteiger partial charge in [-0.2, -0.15) is 0 Å². The van der Waals surface area contributed by atoms with Crippen molar-refractivity contribution in [3.63, 3.8) is 0 Å². The van der Waals surface area contributed by atoms with Gasteiger partial charge in [-0.3, -0.25) is 4.79 Å². The Balaban J connectivity index is 1.53. The molecule has 1 aromatic carbocycles. The molecule has 2 aromatic rings. The van der Waals surface area contributed by atoms with Gasteiger partial charge in [0.15, 0.2) is 0 Å². The van der Waals surface area contributed by atoms with Gasteiger partial charge < -0.3 is 4.90 Å². The molecule has 1 amide bonds. The Hall–Kier alpha value is -1.60. The standard InChI is InChI=1S/C14H16ClN5OS/c1-19(8-10-3-2-4-11(15)7-10)13(21)9-22-14-16-17-18-20(14)12-5-6-12/h2-4,7,12H,5-6,8-9H2,1H3. The second-order valence-corrected chi connectivity index (χ2v) is 6.68. The summed E-state index contributed by atoms with van der Waals surface area (Å²) in [6.07, 6.45) is 2.22.